The van der Waals surface area contributed by atoms with Crippen LogP contribution in [0.15, 0.2) is 78.9 Å². The van der Waals surface area contributed by atoms with Gasteiger partial charge < -0.3 is 20.3 Å². The summed E-state index contributed by atoms with van der Waals surface area (Å²) in [6.45, 7) is 0.485. The van der Waals surface area contributed by atoms with Gasteiger partial charge in [-0.25, -0.2) is 4.79 Å². The summed E-state index contributed by atoms with van der Waals surface area (Å²) in [4.78, 5) is 14.7. The van der Waals surface area contributed by atoms with Crippen LogP contribution in [-0.2, 0) is 0 Å². The third-order valence-corrected chi connectivity index (χ3v) is 4.84. The molecule has 0 spiro atoms. The zero-order chi connectivity index (χ0) is 20.6. The fourth-order valence-corrected chi connectivity index (χ4v) is 3.24. The lowest BCUT2D eigenvalue weighted by Crippen LogP contribution is -2.37. The lowest BCUT2D eigenvalue weighted by molar-refractivity contribution is 0.243. The standard InChI is InChI=1S/C24H27N3O2/c1-27(2)23(19-13-15-20(29-3)16-14-19)17-25-24(28)26-22-12-8-7-11-21(22)18-9-5-4-6-10-18/h4-16,23H,17H2,1-3H3,(H2,25,26,28). The summed E-state index contributed by atoms with van der Waals surface area (Å²) < 4.78 is 5.23. The van der Waals surface area contributed by atoms with Crippen LogP contribution in [0.4, 0.5) is 10.5 Å². The third-order valence-electron chi connectivity index (χ3n) is 4.84. The lowest BCUT2D eigenvalue weighted by atomic mass is 10.0. The minimum Gasteiger partial charge on any atom is -0.497 e. The van der Waals surface area contributed by atoms with Crippen LogP contribution in [0.2, 0.25) is 0 Å². The molecule has 3 rings (SSSR count). The van der Waals surface area contributed by atoms with Gasteiger partial charge in [-0.15, -0.1) is 0 Å². The molecule has 0 aliphatic heterocycles. The summed E-state index contributed by atoms with van der Waals surface area (Å²) in [6.07, 6.45) is 0. The molecule has 1 atom stereocenters. The van der Waals surface area contributed by atoms with E-state index in [0.717, 1.165) is 28.1 Å². The van der Waals surface area contributed by atoms with Gasteiger partial charge in [-0.2, -0.15) is 0 Å². The van der Waals surface area contributed by atoms with Crippen LogP contribution in [0.1, 0.15) is 11.6 Å². The number of benzene rings is 3. The van der Waals surface area contributed by atoms with Gasteiger partial charge >= 0.3 is 6.03 Å². The highest BCUT2D eigenvalue weighted by molar-refractivity contribution is 5.94. The molecule has 2 amide bonds. The van der Waals surface area contributed by atoms with Gasteiger partial charge in [0, 0.05) is 12.1 Å². The van der Waals surface area contributed by atoms with E-state index in [1.165, 1.54) is 0 Å². The first kappa shape index (κ1) is 20.4. The number of likely N-dealkylation sites (N-methyl/N-ethyl adjacent to an activating group) is 1. The minimum absolute atomic E-state index is 0.0519. The van der Waals surface area contributed by atoms with E-state index < -0.39 is 0 Å². The average Bonchev–Trinajstić information content (AvgIpc) is 2.75. The average molecular weight is 389 g/mol. The summed E-state index contributed by atoms with van der Waals surface area (Å²) in [6, 6.07) is 25.6. The molecule has 1 unspecified atom stereocenters. The van der Waals surface area contributed by atoms with Crippen LogP contribution in [0.25, 0.3) is 11.1 Å². The molecule has 29 heavy (non-hydrogen) atoms. The Kier molecular flexibility index (Phi) is 6.87. The van der Waals surface area contributed by atoms with Crippen LogP contribution in [-0.4, -0.2) is 38.7 Å². The molecule has 0 aromatic heterocycles. The van der Waals surface area contributed by atoms with E-state index >= 15 is 0 Å². The maximum Gasteiger partial charge on any atom is 0.319 e. The smallest absolute Gasteiger partial charge is 0.319 e. The summed E-state index contributed by atoms with van der Waals surface area (Å²) in [5.41, 5.74) is 3.94. The molecule has 0 fully saturated rings. The van der Waals surface area contributed by atoms with E-state index in [4.69, 9.17) is 4.74 Å². The van der Waals surface area contributed by atoms with Crippen molar-refractivity contribution in [2.75, 3.05) is 33.1 Å². The highest BCUT2D eigenvalue weighted by Crippen LogP contribution is 2.27. The van der Waals surface area contributed by atoms with Gasteiger partial charge in [0.1, 0.15) is 5.75 Å². The molecular formula is C24H27N3O2. The minimum atomic E-state index is -0.228. The fourth-order valence-electron chi connectivity index (χ4n) is 3.24. The Bertz CT molecular complexity index is 924. The highest BCUT2D eigenvalue weighted by atomic mass is 16.5. The summed E-state index contributed by atoms with van der Waals surface area (Å²) in [5.74, 6) is 0.814. The summed E-state index contributed by atoms with van der Waals surface area (Å²) in [7, 11) is 5.65. The first-order chi connectivity index (χ1) is 14.1. The number of hydrogen-bond donors (Lipinski definition) is 2. The van der Waals surface area contributed by atoms with Crippen molar-refractivity contribution < 1.29 is 9.53 Å². The number of carbonyl (C=O) groups is 1. The van der Waals surface area contributed by atoms with Gasteiger partial charge in [0.15, 0.2) is 0 Å². The molecule has 3 aromatic carbocycles. The zero-order valence-electron chi connectivity index (χ0n) is 17.1. The highest BCUT2D eigenvalue weighted by Gasteiger charge is 2.16. The van der Waals surface area contributed by atoms with E-state index in [0.29, 0.717) is 6.54 Å². The molecule has 150 valence electrons. The molecule has 0 heterocycles. The van der Waals surface area contributed by atoms with Gasteiger partial charge in [0.05, 0.1) is 18.8 Å². The van der Waals surface area contributed by atoms with Gasteiger partial charge in [-0.05, 0) is 43.4 Å². The predicted molar refractivity (Wildman–Crippen MR) is 118 cm³/mol. The summed E-state index contributed by atoms with van der Waals surface area (Å²) in [5, 5.41) is 5.98. The fraction of sp³-hybridized carbons (Fsp3) is 0.208. The number of anilines is 1. The molecule has 2 N–H and O–H groups in total. The van der Waals surface area contributed by atoms with Crippen LogP contribution in [0, 0.1) is 0 Å². The van der Waals surface area contributed by atoms with E-state index in [-0.39, 0.29) is 12.1 Å². The van der Waals surface area contributed by atoms with E-state index in [9.17, 15) is 4.79 Å². The summed E-state index contributed by atoms with van der Waals surface area (Å²) >= 11 is 0. The molecule has 0 saturated carbocycles. The van der Waals surface area contributed by atoms with Crippen molar-refractivity contribution in [3.05, 3.63) is 84.4 Å². The zero-order valence-corrected chi connectivity index (χ0v) is 17.1. The monoisotopic (exact) mass is 389 g/mol. The maximum atomic E-state index is 12.6. The van der Waals surface area contributed by atoms with Crippen molar-refractivity contribution in [1.29, 1.82) is 0 Å². The second-order valence-electron chi connectivity index (χ2n) is 7.00. The number of ether oxygens (including phenoxy) is 1. The van der Waals surface area contributed by atoms with Crippen molar-refractivity contribution in [3.63, 3.8) is 0 Å². The topological polar surface area (TPSA) is 53.6 Å². The van der Waals surface area contributed by atoms with Crippen molar-refractivity contribution in [1.82, 2.24) is 10.2 Å². The molecule has 0 saturated heterocycles. The molecule has 3 aromatic rings. The van der Waals surface area contributed by atoms with Crippen LogP contribution in [0.5, 0.6) is 5.75 Å². The number of methoxy groups -OCH3 is 1. The largest absolute Gasteiger partial charge is 0.497 e. The number of hydrogen-bond acceptors (Lipinski definition) is 3. The van der Waals surface area contributed by atoms with Crippen molar-refractivity contribution in [2.45, 2.75) is 6.04 Å². The number of rotatable bonds is 7. The van der Waals surface area contributed by atoms with E-state index in [2.05, 4.69) is 15.5 Å². The second-order valence-corrected chi connectivity index (χ2v) is 7.00. The normalized spacial score (nSPS) is 11.7. The number of nitrogens with zero attached hydrogens (tertiary/aromatic N) is 1. The molecule has 0 aliphatic rings. The molecule has 5 nitrogen and oxygen atoms in total. The van der Waals surface area contributed by atoms with Gasteiger partial charge in [0.2, 0.25) is 0 Å². The molecular weight excluding hydrogens is 362 g/mol. The van der Waals surface area contributed by atoms with Crippen molar-refractivity contribution >= 4 is 11.7 Å². The number of para-hydroxylation sites is 1. The molecule has 0 radical (unpaired) electrons. The Morgan fingerprint density at radius 2 is 1.59 bits per heavy atom. The Morgan fingerprint density at radius 1 is 0.931 bits per heavy atom. The maximum absolute atomic E-state index is 12.6. The van der Waals surface area contributed by atoms with E-state index in [1.807, 2.05) is 93.0 Å². The first-order valence-corrected chi connectivity index (χ1v) is 9.58. The van der Waals surface area contributed by atoms with Gasteiger partial charge in [-0.1, -0.05) is 60.7 Å². The van der Waals surface area contributed by atoms with E-state index in [1.54, 1.807) is 7.11 Å². The molecule has 0 aliphatic carbocycles. The van der Waals surface area contributed by atoms with Crippen LogP contribution >= 0.6 is 0 Å². The second kappa shape index (κ2) is 9.75. The number of urea groups is 1. The van der Waals surface area contributed by atoms with Crippen LogP contribution in [0.3, 0.4) is 0 Å². The number of amides is 2. The first-order valence-electron chi connectivity index (χ1n) is 9.58. The van der Waals surface area contributed by atoms with Crippen molar-refractivity contribution in [2.24, 2.45) is 0 Å². The quantitative estimate of drug-likeness (QED) is 0.611. The number of nitrogens with one attached hydrogen (secondary N) is 2. The Labute approximate surface area is 172 Å². The number of carbonyl (C=O) groups excluding carboxylic acids is 1. The predicted octanol–water partition coefficient (Wildman–Crippen LogP) is 4.79. The SMILES string of the molecule is COc1ccc(C(CNC(=O)Nc2ccccc2-c2ccccc2)N(C)C)cc1. The van der Waals surface area contributed by atoms with Crippen LogP contribution < -0.4 is 15.4 Å². The Morgan fingerprint density at radius 3 is 2.24 bits per heavy atom. The lowest BCUT2D eigenvalue weighted by Gasteiger charge is -2.25. The Balaban J connectivity index is 1.67. The molecule has 0 bridgehead atoms. The third kappa shape index (κ3) is 5.36. The van der Waals surface area contributed by atoms with Gasteiger partial charge in [0.25, 0.3) is 0 Å². The van der Waals surface area contributed by atoms with Crippen molar-refractivity contribution in [3.8, 4) is 16.9 Å². The Hall–Kier alpha value is -3.31. The van der Waals surface area contributed by atoms with Gasteiger partial charge in [-0.3, -0.25) is 0 Å². The molecule has 5 heteroatoms.